The maximum atomic E-state index is 11.9. The molecule has 0 radical (unpaired) electrons. The van der Waals surface area contributed by atoms with Gasteiger partial charge in [0, 0.05) is 19.2 Å². The van der Waals surface area contributed by atoms with E-state index in [0.29, 0.717) is 18.0 Å². The molecule has 0 aliphatic heterocycles. The van der Waals surface area contributed by atoms with Crippen molar-refractivity contribution in [3.8, 4) is 0 Å². The van der Waals surface area contributed by atoms with Crippen LogP contribution in [0, 0.1) is 12.8 Å². The van der Waals surface area contributed by atoms with E-state index in [1.165, 1.54) is 11.9 Å². The first-order valence-electron chi connectivity index (χ1n) is 8.04. The molecule has 0 atom stereocenters. The number of likely N-dealkylation sites (N-methyl/N-ethyl adjacent to an activating group) is 1. The standard InChI is InChI=1S/C18H26N2O4/c1-13(2)5-10-18(23)24-12-17(22)20(4)11-16(21)19-15-8-6-14(3)7-9-15/h6-9,13H,5,10-12H2,1-4H3,(H,19,21). The zero-order valence-electron chi connectivity index (χ0n) is 14.8. The molecule has 24 heavy (non-hydrogen) atoms. The average molecular weight is 334 g/mol. The van der Waals surface area contributed by atoms with Crippen molar-refractivity contribution in [1.29, 1.82) is 0 Å². The van der Waals surface area contributed by atoms with Crippen LogP contribution in [-0.2, 0) is 19.1 Å². The van der Waals surface area contributed by atoms with Crippen molar-refractivity contribution in [3.63, 3.8) is 0 Å². The first-order chi connectivity index (χ1) is 11.3. The number of ether oxygens (including phenoxy) is 1. The summed E-state index contributed by atoms with van der Waals surface area (Å²) in [5, 5.41) is 2.71. The van der Waals surface area contributed by atoms with Crippen LogP contribution < -0.4 is 5.32 Å². The molecule has 1 aromatic rings. The lowest BCUT2D eigenvalue weighted by molar-refractivity contribution is -0.152. The highest BCUT2D eigenvalue weighted by molar-refractivity contribution is 5.94. The molecule has 0 aromatic heterocycles. The highest BCUT2D eigenvalue weighted by atomic mass is 16.5. The Kier molecular flexibility index (Phi) is 7.95. The molecule has 0 aliphatic rings. The van der Waals surface area contributed by atoms with Crippen LogP contribution in [0.5, 0.6) is 0 Å². The average Bonchev–Trinajstić information content (AvgIpc) is 2.52. The van der Waals surface area contributed by atoms with E-state index in [0.717, 1.165) is 12.0 Å². The van der Waals surface area contributed by atoms with Gasteiger partial charge in [-0.2, -0.15) is 0 Å². The third kappa shape index (κ3) is 7.76. The quantitative estimate of drug-likeness (QED) is 0.741. The number of rotatable bonds is 8. The SMILES string of the molecule is Cc1ccc(NC(=O)CN(C)C(=O)COC(=O)CCC(C)C)cc1. The molecule has 1 aromatic carbocycles. The molecule has 0 spiro atoms. The van der Waals surface area contributed by atoms with Crippen molar-refractivity contribution < 1.29 is 19.1 Å². The molecule has 0 aliphatic carbocycles. The van der Waals surface area contributed by atoms with Crippen LogP contribution in [-0.4, -0.2) is 42.9 Å². The lowest BCUT2D eigenvalue weighted by atomic mass is 10.1. The number of carbonyl (C=O) groups is 3. The molecule has 0 saturated heterocycles. The first-order valence-corrected chi connectivity index (χ1v) is 8.04. The van der Waals surface area contributed by atoms with Gasteiger partial charge in [-0.1, -0.05) is 31.5 Å². The predicted molar refractivity (Wildman–Crippen MR) is 92.5 cm³/mol. The minimum absolute atomic E-state index is 0.101. The van der Waals surface area contributed by atoms with Crippen LogP contribution in [0.2, 0.25) is 0 Å². The number of nitrogens with zero attached hydrogens (tertiary/aromatic N) is 1. The summed E-state index contributed by atoms with van der Waals surface area (Å²) >= 11 is 0. The van der Waals surface area contributed by atoms with Crippen molar-refractivity contribution in [2.45, 2.75) is 33.6 Å². The highest BCUT2D eigenvalue weighted by Crippen LogP contribution is 2.08. The topological polar surface area (TPSA) is 75.7 Å². The summed E-state index contributed by atoms with van der Waals surface area (Å²) in [6.45, 7) is 5.54. The van der Waals surface area contributed by atoms with Crippen LogP contribution in [0.3, 0.4) is 0 Å². The van der Waals surface area contributed by atoms with Gasteiger partial charge in [-0.25, -0.2) is 0 Å². The minimum atomic E-state index is -0.410. The number of esters is 1. The lowest BCUT2D eigenvalue weighted by Crippen LogP contribution is -2.37. The third-order valence-corrected chi connectivity index (χ3v) is 3.42. The highest BCUT2D eigenvalue weighted by Gasteiger charge is 2.15. The summed E-state index contributed by atoms with van der Waals surface area (Å²) in [6, 6.07) is 7.37. The second-order valence-electron chi connectivity index (χ2n) is 6.26. The molecule has 6 nitrogen and oxygen atoms in total. The van der Waals surface area contributed by atoms with Gasteiger partial charge in [0.05, 0.1) is 6.54 Å². The van der Waals surface area contributed by atoms with Crippen molar-refractivity contribution in [1.82, 2.24) is 4.90 Å². The Bertz CT molecular complexity index is 567. The fourth-order valence-electron chi connectivity index (χ4n) is 1.87. The Balaban J connectivity index is 2.33. The van der Waals surface area contributed by atoms with Gasteiger partial charge >= 0.3 is 5.97 Å². The number of aryl methyl sites for hydroxylation is 1. The molecular weight excluding hydrogens is 308 g/mol. The van der Waals surface area contributed by atoms with E-state index >= 15 is 0 Å². The van der Waals surface area contributed by atoms with Crippen molar-refractivity contribution >= 4 is 23.5 Å². The molecular formula is C18H26N2O4. The summed E-state index contributed by atoms with van der Waals surface area (Å²) in [4.78, 5) is 36.5. The smallest absolute Gasteiger partial charge is 0.306 e. The molecule has 0 saturated carbocycles. The monoisotopic (exact) mass is 334 g/mol. The van der Waals surface area contributed by atoms with E-state index in [4.69, 9.17) is 4.74 Å². The number of anilines is 1. The maximum absolute atomic E-state index is 11.9. The zero-order valence-corrected chi connectivity index (χ0v) is 14.8. The fraction of sp³-hybridized carbons (Fsp3) is 0.500. The number of hydrogen-bond acceptors (Lipinski definition) is 4. The minimum Gasteiger partial charge on any atom is -0.456 e. The Labute approximate surface area is 143 Å². The maximum Gasteiger partial charge on any atom is 0.306 e. The molecule has 2 amide bonds. The van der Waals surface area contributed by atoms with Crippen LogP contribution >= 0.6 is 0 Å². The second-order valence-corrected chi connectivity index (χ2v) is 6.26. The summed E-state index contributed by atoms with van der Waals surface area (Å²) in [6.07, 6.45) is 1.02. The molecule has 0 fully saturated rings. The Morgan fingerprint density at radius 1 is 1.17 bits per heavy atom. The first kappa shape index (κ1) is 19.7. The van der Waals surface area contributed by atoms with Gasteiger partial charge in [0.1, 0.15) is 0 Å². The van der Waals surface area contributed by atoms with Gasteiger partial charge in [0.15, 0.2) is 6.61 Å². The molecule has 0 bridgehead atoms. The van der Waals surface area contributed by atoms with Gasteiger partial charge in [0.25, 0.3) is 5.91 Å². The van der Waals surface area contributed by atoms with Gasteiger partial charge in [-0.05, 0) is 31.4 Å². The van der Waals surface area contributed by atoms with Crippen LogP contribution in [0.15, 0.2) is 24.3 Å². The Morgan fingerprint density at radius 2 is 1.79 bits per heavy atom. The summed E-state index contributed by atoms with van der Waals surface area (Å²) in [5.41, 5.74) is 1.77. The van der Waals surface area contributed by atoms with Crippen LogP contribution in [0.25, 0.3) is 0 Å². The van der Waals surface area contributed by atoms with Gasteiger partial charge in [0.2, 0.25) is 5.91 Å². The molecule has 0 heterocycles. The zero-order chi connectivity index (χ0) is 18.1. The number of amides is 2. The predicted octanol–water partition coefficient (Wildman–Crippen LogP) is 2.37. The largest absolute Gasteiger partial charge is 0.456 e. The van der Waals surface area contributed by atoms with Crippen molar-refractivity contribution in [2.75, 3.05) is 25.5 Å². The Morgan fingerprint density at radius 3 is 2.38 bits per heavy atom. The lowest BCUT2D eigenvalue weighted by Gasteiger charge is -2.17. The molecule has 0 unspecified atom stereocenters. The second kappa shape index (κ2) is 9.70. The molecule has 1 rings (SSSR count). The van der Waals surface area contributed by atoms with E-state index < -0.39 is 11.9 Å². The Hall–Kier alpha value is -2.37. The van der Waals surface area contributed by atoms with E-state index in [1.54, 1.807) is 12.1 Å². The van der Waals surface area contributed by atoms with Gasteiger partial charge in [-0.15, -0.1) is 0 Å². The third-order valence-electron chi connectivity index (χ3n) is 3.42. The molecule has 1 N–H and O–H groups in total. The van der Waals surface area contributed by atoms with Crippen molar-refractivity contribution in [3.05, 3.63) is 29.8 Å². The van der Waals surface area contributed by atoms with Gasteiger partial charge in [-0.3, -0.25) is 14.4 Å². The van der Waals surface area contributed by atoms with E-state index in [1.807, 2.05) is 32.9 Å². The van der Waals surface area contributed by atoms with Crippen LogP contribution in [0.4, 0.5) is 5.69 Å². The molecule has 132 valence electrons. The number of benzene rings is 1. The fourth-order valence-corrected chi connectivity index (χ4v) is 1.87. The number of hydrogen-bond donors (Lipinski definition) is 1. The summed E-state index contributed by atoms with van der Waals surface area (Å²) < 4.78 is 4.93. The summed E-state index contributed by atoms with van der Waals surface area (Å²) in [5.74, 6) is -0.705. The molecule has 6 heteroatoms. The van der Waals surface area contributed by atoms with E-state index in [-0.39, 0.29) is 19.1 Å². The summed E-state index contributed by atoms with van der Waals surface area (Å²) in [7, 11) is 1.50. The van der Waals surface area contributed by atoms with Crippen LogP contribution in [0.1, 0.15) is 32.3 Å². The number of nitrogens with one attached hydrogen (secondary N) is 1. The van der Waals surface area contributed by atoms with Crippen molar-refractivity contribution in [2.24, 2.45) is 5.92 Å². The van der Waals surface area contributed by atoms with Gasteiger partial charge < -0.3 is 15.0 Å². The van der Waals surface area contributed by atoms with E-state index in [2.05, 4.69) is 5.32 Å². The van der Waals surface area contributed by atoms with E-state index in [9.17, 15) is 14.4 Å². The normalized spacial score (nSPS) is 10.4. The number of carbonyl (C=O) groups excluding carboxylic acids is 3.